The van der Waals surface area contributed by atoms with E-state index in [2.05, 4.69) is 0 Å². The average molecular weight is 332 g/mol. The lowest BCUT2D eigenvalue weighted by Gasteiger charge is -2.04. The van der Waals surface area contributed by atoms with Gasteiger partial charge in [-0.25, -0.2) is 0 Å². The van der Waals surface area contributed by atoms with E-state index in [0.717, 1.165) is 11.1 Å². The van der Waals surface area contributed by atoms with Crippen molar-refractivity contribution in [3.05, 3.63) is 77.9 Å². The van der Waals surface area contributed by atoms with E-state index in [0.29, 0.717) is 13.2 Å². The summed E-state index contributed by atoms with van der Waals surface area (Å²) in [4.78, 5) is 0.164. The number of aryl methyl sites for hydroxylation is 1. The minimum absolute atomic E-state index is 0.00902. The zero-order valence-electron chi connectivity index (χ0n) is 13.0. The lowest BCUT2D eigenvalue weighted by molar-refractivity contribution is 0.148. The van der Waals surface area contributed by atoms with Gasteiger partial charge in [-0.1, -0.05) is 60.2 Å². The molecule has 2 rings (SSSR count). The predicted molar refractivity (Wildman–Crippen MR) is 89.6 cm³/mol. The van der Waals surface area contributed by atoms with Crippen molar-refractivity contribution in [2.24, 2.45) is 0 Å². The monoisotopic (exact) mass is 332 g/mol. The Kier molecular flexibility index (Phi) is 6.52. The minimum atomic E-state index is -3.70. The molecule has 0 atom stereocenters. The van der Waals surface area contributed by atoms with Gasteiger partial charge in [0.1, 0.15) is 0 Å². The Balaban J connectivity index is 1.70. The molecule has 2 aromatic rings. The fourth-order valence-electron chi connectivity index (χ4n) is 1.86. The van der Waals surface area contributed by atoms with Crippen molar-refractivity contribution in [2.75, 3.05) is 13.2 Å². The van der Waals surface area contributed by atoms with Crippen LogP contribution in [0.1, 0.15) is 11.1 Å². The summed E-state index contributed by atoms with van der Waals surface area (Å²) < 4.78 is 34.3. The maximum atomic E-state index is 11.9. The van der Waals surface area contributed by atoms with Gasteiger partial charge in [-0.15, -0.1) is 0 Å². The second-order valence-electron chi connectivity index (χ2n) is 5.02. The minimum Gasteiger partial charge on any atom is -0.373 e. The van der Waals surface area contributed by atoms with E-state index >= 15 is 0 Å². The van der Waals surface area contributed by atoms with Crippen LogP contribution in [0.4, 0.5) is 0 Å². The highest BCUT2D eigenvalue weighted by Gasteiger charge is 2.13. The van der Waals surface area contributed by atoms with Crippen molar-refractivity contribution in [2.45, 2.75) is 18.4 Å². The molecule has 0 N–H and O–H groups in total. The van der Waals surface area contributed by atoms with Crippen molar-refractivity contribution < 1.29 is 17.3 Å². The molecular formula is C18H20O4S. The molecule has 23 heavy (non-hydrogen) atoms. The lowest BCUT2D eigenvalue weighted by atomic mass is 10.2. The molecule has 4 nitrogen and oxygen atoms in total. The number of rotatable bonds is 8. The zero-order valence-corrected chi connectivity index (χ0v) is 13.8. The van der Waals surface area contributed by atoms with Crippen LogP contribution >= 0.6 is 0 Å². The second kappa shape index (κ2) is 8.62. The topological polar surface area (TPSA) is 52.6 Å². The molecule has 0 fully saturated rings. The molecule has 0 aliphatic carbocycles. The Labute approximate surface area is 137 Å². The highest BCUT2D eigenvalue weighted by atomic mass is 32.2. The fraction of sp³-hybridized carbons (Fsp3) is 0.222. The number of hydrogen-bond acceptors (Lipinski definition) is 4. The van der Waals surface area contributed by atoms with Crippen molar-refractivity contribution in [3.8, 4) is 0 Å². The smallest absolute Gasteiger partial charge is 0.297 e. The van der Waals surface area contributed by atoms with Crippen molar-refractivity contribution in [1.82, 2.24) is 0 Å². The Morgan fingerprint density at radius 2 is 1.57 bits per heavy atom. The maximum absolute atomic E-state index is 11.9. The van der Waals surface area contributed by atoms with Gasteiger partial charge in [0.15, 0.2) is 0 Å². The Bertz CT molecular complexity index is 719. The van der Waals surface area contributed by atoms with Crippen molar-refractivity contribution in [1.29, 1.82) is 0 Å². The molecule has 0 radical (unpaired) electrons. The van der Waals surface area contributed by atoms with E-state index in [1.807, 2.05) is 37.3 Å². The summed E-state index contributed by atoms with van der Waals surface area (Å²) in [7, 11) is -3.70. The van der Waals surface area contributed by atoms with Gasteiger partial charge >= 0.3 is 0 Å². The summed E-state index contributed by atoms with van der Waals surface area (Å²) in [5, 5.41) is 0. The molecule has 0 saturated carbocycles. The van der Waals surface area contributed by atoms with Crippen LogP contribution in [0.25, 0.3) is 0 Å². The SMILES string of the molecule is Cc1ccc(S(=O)(=O)OCC=CCOCc2ccccc2)cc1. The molecule has 0 aliphatic heterocycles. The number of benzene rings is 2. The van der Waals surface area contributed by atoms with E-state index in [1.165, 1.54) is 12.1 Å². The first-order valence-electron chi connectivity index (χ1n) is 7.31. The maximum Gasteiger partial charge on any atom is 0.297 e. The van der Waals surface area contributed by atoms with Gasteiger partial charge in [0.05, 0.1) is 24.7 Å². The summed E-state index contributed by atoms with van der Waals surface area (Å²) in [5.41, 5.74) is 2.10. The quantitative estimate of drug-likeness (QED) is 0.422. The van der Waals surface area contributed by atoms with Crippen LogP contribution in [0.3, 0.4) is 0 Å². The molecule has 0 heterocycles. The number of ether oxygens (including phenoxy) is 1. The summed E-state index contributed by atoms with van der Waals surface area (Å²) in [5.74, 6) is 0. The van der Waals surface area contributed by atoms with Crippen LogP contribution < -0.4 is 0 Å². The van der Waals surface area contributed by atoms with E-state index in [-0.39, 0.29) is 11.5 Å². The van der Waals surface area contributed by atoms with Crippen LogP contribution in [0.15, 0.2) is 71.6 Å². The lowest BCUT2D eigenvalue weighted by Crippen LogP contribution is -2.06. The fourth-order valence-corrected chi connectivity index (χ4v) is 2.72. The normalized spacial score (nSPS) is 11.9. The molecule has 0 saturated heterocycles. The number of hydrogen-bond donors (Lipinski definition) is 0. The first-order valence-corrected chi connectivity index (χ1v) is 8.71. The van der Waals surface area contributed by atoms with Gasteiger partial charge in [0.2, 0.25) is 0 Å². The molecule has 0 amide bonds. The van der Waals surface area contributed by atoms with E-state index in [9.17, 15) is 8.42 Å². The molecular weight excluding hydrogens is 312 g/mol. The molecule has 0 spiro atoms. The summed E-state index contributed by atoms with van der Waals surface area (Å²) in [6, 6.07) is 16.4. The van der Waals surface area contributed by atoms with E-state index in [1.54, 1.807) is 24.3 Å². The summed E-state index contributed by atoms with van der Waals surface area (Å²) >= 11 is 0. The van der Waals surface area contributed by atoms with Gasteiger partial charge < -0.3 is 4.74 Å². The molecule has 0 aliphatic rings. The van der Waals surface area contributed by atoms with Crippen LogP contribution in [-0.4, -0.2) is 21.6 Å². The third kappa shape index (κ3) is 5.98. The third-order valence-corrected chi connectivity index (χ3v) is 4.42. The Morgan fingerprint density at radius 1 is 0.913 bits per heavy atom. The predicted octanol–water partition coefficient (Wildman–Crippen LogP) is 3.47. The average Bonchev–Trinajstić information content (AvgIpc) is 2.55. The standard InChI is InChI=1S/C18H20O4S/c1-16-9-11-18(12-10-16)23(19,20)22-14-6-5-13-21-15-17-7-3-2-4-8-17/h2-12H,13-15H2,1H3. The van der Waals surface area contributed by atoms with E-state index in [4.69, 9.17) is 8.92 Å². The highest BCUT2D eigenvalue weighted by molar-refractivity contribution is 7.86. The molecule has 122 valence electrons. The van der Waals surface area contributed by atoms with Crippen LogP contribution in [0, 0.1) is 6.92 Å². The second-order valence-corrected chi connectivity index (χ2v) is 6.64. The first-order chi connectivity index (χ1) is 11.1. The molecule has 2 aromatic carbocycles. The molecule has 0 aromatic heterocycles. The third-order valence-electron chi connectivity index (χ3n) is 3.12. The first kappa shape index (κ1) is 17.4. The van der Waals surface area contributed by atoms with Crippen LogP contribution in [0.2, 0.25) is 0 Å². The summed E-state index contributed by atoms with van der Waals surface area (Å²) in [6.45, 7) is 2.82. The molecule has 5 heteroatoms. The van der Waals surface area contributed by atoms with Crippen molar-refractivity contribution >= 4 is 10.1 Å². The highest BCUT2D eigenvalue weighted by Crippen LogP contribution is 2.13. The largest absolute Gasteiger partial charge is 0.373 e. The van der Waals surface area contributed by atoms with Crippen LogP contribution in [-0.2, 0) is 25.6 Å². The van der Waals surface area contributed by atoms with E-state index < -0.39 is 10.1 Å². The Hall–Kier alpha value is -1.95. The van der Waals surface area contributed by atoms with Gasteiger partial charge in [-0.05, 0) is 24.6 Å². The van der Waals surface area contributed by atoms with Gasteiger partial charge in [-0.3, -0.25) is 4.18 Å². The summed E-state index contributed by atoms with van der Waals surface area (Å²) in [6.07, 6.45) is 3.38. The van der Waals surface area contributed by atoms with Crippen molar-refractivity contribution in [3.63, 3.8) is 0 Å². The molecule has 0 unspecified atom stereocenters. The van der Waals surface area contributed by atoms with Gasteiger partial charge in [0.25, 0.3) is 10.1 Å². The van der Waals surface area contributed by atoms with Gasteiger partial charge in [-0.2, -0.15) is 8.42 Å². The molecule has 0 bridgehead atoms. The van der Waals surface area contributed by atoms with Gasteiger partial charge in [0, 0.05) is 0 Å². The Morgan fingerprint density at radius 3 is 2.26 bits per heavy atom. The van der Waals surface area contributed by atoms with Crippen LogP contribution in [0.5, 0.6) is 0 Å². The zero-order chi connectivity index (χ0) is 16.5.